The van der Waals surface area contributed by atoms with E-state index < -0.39 is 5.60 Å². The van der Waals surface area contributed by atoms with Crippen molar-refractivity contribution in [2.75, 3.05) is 13.1 Å². The molecular formula is C18H17Br2NO2. The van der Waals surface area contributed by atoms with Crippen molar-refractivity contribution < 1.29 is 9.53 Å². The van der Waals surface area contributed by atoms with Gasteiger partial charge in [0.2, 0.25) is 0 Å². The zero-order chi connectivity index (χ0) is 16.3. The van der Waals surface area contributed by atoms with Crippen LogP contribution in [0.4, 0.5) is 0 Å². The first-order chi connectivity index (χ1) is 11.1. The number of hydrogen-bond donors (Lipinski definition) is 1. The summed E-state index contributed by atoms with van der Waals surface area (Å²) in [6, 6.07) is 15.6. The number of nitrogens with one attached hydrogen (secondary N) is 1. The van der Waals surface area contributed by atoms with Crippen molar-refractivity contribution in [3.63, 3.8) is 0 Å². The predicted octanol–water partition coefficient (Wildman–Crippen LogP) is 4.65. The second kappa shape index (κ2) is 7.16. The number of esters is 1. The fourth-order valence-corrected chi connectivity index (χ4v) is 4.27. The second-order valence-electron chi connectivity index (χ2n) is 5.60. The van der Waals surface area contributed by atoms with Gasteiger partial charge in [-0.3, -0.25) is 0 Å². The van der Waals surface area contributed by atoms with Gasteiger partial charge >= 0.3 is 5.97 Å². The standard InChI is InChI=1S/C18H17Br2NO2/c19-14-7-4-8-15(20)16(14)17(22)23-18(9-11-21-12-10-18)13-5-2-1-3-6-13/h1-8,21H,9-12H2. The molecule has 1 saturated heterocycles. The van der Waals surface area contributed by atoms with E-state index in [4.69, 9.17) is 4.74 Å². The van der Waals surface area contributed by atoms with Crippen LogP contribution < -0.4 is 5.32 Å². The van der Waals surface area contributed by atoms with Crippen molar-refractivity contribution in [3.8, 4) is 0 Å². The maximum Gasteiger partial charge on any atom is 0.341 e. The van der Waals surface area contributed by atoms with Crippen molar-refractivity contribution in [1.82, 2.24) is 5.32 Å². The molecule has 0 spiro atoms. The Bertz CT molecular complexity index is 677. The number of carbonyl (C=O) groups excluding carboxylic acids is 1. The number of carbonyl (C=O) groups is 1. The van der Waals surface area contributed by atoms with Crippen LogP contribution in [0.5, 0.6) is 0 Å². The van der Waals surface area contributed by atoms with Gasteiger partial charge in [-0.1, -0.05) is 36.4 Å². The molecule has 2 aromatic carbocycles. The Labute approximate surface area is 152 Å². The smallest absolute Gasteiger partial charge is 0.341 e. The molecule has 1 aliphatic heterocycles. The van der Waals surface area contributed by atoms with E-state index in [1.54, 1.807) is 0 Å². The van der Waals surface area contributed by atoms with Crippen molar-refractivity contribution in [3.05, 3.63) is 68.6 Å². The number of rotatable bonds is 3. The molecule has 0 aliphatic carbocycles. The van der Waals surface area contributed by atoms with Gasteiger partial charge in [-0.15, -0.1) is 0 Å². The Morgan fingerprint density at radius 1 is 0.957 bits per heavy atom. The third-order valence-electron chi connectivity index (χ3n) is 4.17. The summed E-state index contributed by atoms with van der Waals surface area (Å²) < 4.78 is 7.53. The van der Waals surface area contributed by atoms with Crippen LogP contribution in [0.2, 0.25) is 0 Å². The van der Waals surface area contributed by atoms with E-state index in [0.717, 1.165) is 40.4 Å². The van der Waals surface area contributed by atoms with E-state index >= 15 is 0 Å². The van der Waals surface area contributed by atoms with Gasteiger partial charge in [0.15, 0.2) is 0 Å². The first kappa shape index (κ1) is 16.7. The third kappa shape index (κ3) is 3.52. The molecule has 2 aromatic rings. The number of ether oxygens (including phenoxy) is 1. The first-order valence-corrected chi connectivity index (χ1v) is 9.15. The lowest BCUT2D eigenvalue weighted by molar-refractivity contribution is -0.0380. The van der Waals surface area contributed by atoms with E-state index in [9.17, 15) is 4.79 Å². The Hall–Kier alpha value is -1.17. The highest BCUT2D eigenvalue weighted by Crippen LogP contribution is 2.37. The molecule has 0 aromatic heterocycles. The van der Waals surface area contributed by atoms with Gasteiger partial charge in [0, 0.05) is 21.8 Å². The van der Waals surface area contributed by atoms with Gasteiger partial charge in [-0.05, 0) is 62.6 Å². The van der Waals surface area contributed by atoms with Crippen LogP contribution in [-0.4, -0.2) is 19.1 Å². The molecule has 120 valence electrons. The molecule has 0 saturated carbocycles. The lowest BCUT2D eigenvalue weighted by atomic mass is 9.84. The SMILES string of the molecule is O=C(OC1(c2ccccc2)CCNCC1)c1c(Br)cccc1Br. The molecule has 1 aliphatic rings. The molecule has 0 bridgehead atoms. The molecule has 0 radical (unpaired) electrons. The number of benzene rings is 2. The van der Waals surface area contributed by atoms with E-state index in [-0.39, 0.29) is 5.97 Å². The minimum absolute atomic E-state index is 0.310. The highest BCUT2D eigenvalue weighted by molar-refractivity contribution is 9.11. The van der Waals surface area contributed by atoms with Gasteiger partial charge in [-0.25, -0.2) is 4.79 Å². The molecule has 0 unspecified atom stereocenters. The number of piperidine rings is 1. The molecule has 3 rings (SSSR count). The predicted molar refractivity (Wildman–Crippen MR) is 97.5 cm³/mol. The van der Waals surface area contributed by atoms with Crippen molar-refractivity contribution >= 4 is 37.8 Å². The van der Waals surface area contributed by atoms with Crippen LogP contribution >= 0.6 is 31.9 Å². The summed E-state index contributed by atoms with van der Waals surface area (Å²) in [5.41, 5.74) is 1.01. The first-order valence-electron chi connectivity index (χ1n) is 7.56. The van der Waals surface area contributed by atoms with E-state index in [1.165, 1.54) is 0 Å². The zero-order valence-corrected chi connectivity index (χ0v) is 15.7. The molecule has 3 nitrogen and oxygen atoms in total. The monoisotopic (exact) mass is 437 g/mol. The molecule has 23 heavy (non-hydrogen) atoms. The topological polar surface area (TPSA) is 38.3 Å². The molecule has 1 fully saturated rings. The maximum atomic E-state index is 12.8. The van der Waals surface area contributed by atoms with Gasteiger partial charge < -0.3 is 10.1 Å². The summed E-state index contributed by atoms with van der Waals surface area (Å²) in [5.74, 6) is -0.310. The molecule has 1 N–H and O–H groups in total. The van der Waals surface area contributed by atoms with E-state index in [1.807, 2.05) is 48.5 Å². The lowest BCUT2D eigenvalue weighted by Crippen LogP contribution is -2.43. The Morgan fingerprint density at radius 3 is 2.17 bits per heavy atom. The molecule has 1 heterocycles. The van der Waals surface area contributed by atoms with Crippen molar-refractivity contribution in [2.24, 2.45) is 0 Å². The molecule has 0 atom stereocenters. The van der Waals surface area contributed by atoms with Crippen LogP contribution in [0.25, 0.3) is 0 Å². The molecule has 0 amide bonds. The van der Waals surface area contributed by atoms with Crippen LogP contribution in [0.1, 0.15) is 28.8 Å². The number of hydrogen-bond acceptors (Lipinski definition) is 3. The largest absolute Gasteiger partial charge is 0.450 e. The summed E-state index contributed by atoms with van der Waals surface area (Å²) >= 11 is 6.89. The summed E-state index contributed by atoms with van der Waals surface area (Å²) in [7, 11) is 0. The Balaban J connectivity index is 1.95. The molecule has 5 heteroatoms. The fourth-order valence-electron chi connectivity index (χ4n) is 2.94. The summed E-state index contributed by atoms with van der Waals surface area (Å²) in [6.07, 6.45) is 1.54. The van der Waals surface area contributed by atoms with Gasteiger partial charge in [-0.2, -0.15) is 0 Å². The zero-order valence-electron chi connectivity index (χ0n) is 12.5. The summed E-state index contributed by atoms with van der Waals surface area (Å²) in [6.45, 7) is 1.67. The quantitative estimate of drug-likeness (QED) is 0.709. The van der Waals surface area contributed by atoms with E-state index in [0.29, 0.717) is 5.56 Å². The van der Waals surface area contributed by atoms with Crippen LogP contribution in [-0.2, 0) is 10.3 Å². The highest BCUT2D eigenvalue weighted by atomic mass is 79.9. The van der Waals surface area contributed by atoms with Crippen molar-refractivity contribution in [2.45, 2.75) is 18.4 Å². The Morgan fingerprint density at radius 2 is 1.57 bits per heavy atom. The molecular weight excluding hydrogens is 422 g/mol. The summed E-state index contributed by atoms with van der Waals surface area (Å²) in [4.78, 5) is 12.8. The fraction of sp³-hybridized carbons (Fsp3) is 0.278. The Kier molecular flexibility index (Phi) is 5.19. The summed E-state index contributed by atoms with van der Waals surface area (Å²) in [5, 5.41) is 3.34. The average molecular weight is 439 g/mol. The highest BCUT2D eigenvalue weighted by Gasteiger charge is 2.38. The van der Waals surface area contributed by atoms with Crippen molar-refractivity contribution in [1.29, 1.82) is 0 Å². The van der Waals surface area contributed by atoms with Crippen LogP contribution in [0, 0.1) is 0 Å². The van der Waals surface area contributed by atoms with Crippen LogP contribution in [0.3, 0.4) is 0 Å². The minimum atomic E-state index is -0.571. The second-order valence-corrected chi connectivity index (χ2v) is 7.31. The normalized spacial score (nSPS) is 16.8. The lowest BCUT2D eigenvalue weighted by Gasteiger charge is -2.37. The minimum Gasteiger partial charge on any atom is -0.450 e. The van der Waals surface area contributed by atoms with Gasteiger partial charge in [0.25, 0.3) is 0 Å². The maximum absolute atomic E-state index is 12.8. The van der Waals surface area contributed by atoms with Gasteiger partial charge in [0.05, 0.1) is 5.56 Å². The number of halogens is 2. The van der Waals surface area contributed by atoms with E-state index in [2.05, 4.69) is 37.2 Å². The average Bonchev–Trinajstić information content (AvgIpc) is 2.56. The van der Waals surface area contributed by atoms with Crippen LogP contribution in [0.15, 0.2) is 57.5 Å². The third-order valence-corrected chi connectivity index (χ3v) is 5.49. The van der Waals surface area contributed by atoms with Gasteiger partial charge in [0.1, 0.15) is 5.60 Å².